The van der Waals surface area contributed by atoms with Gasteiger partial charge in [0.15, 0.2) is 0 Å². The summed E-state index contributed by atoms with van der Waals surface area (Å²) in [5.74, 6) is -0.186. The van der Waals surface area contributed by atoms with Crippen molar-refractivity contribution in [3.8, 4) is 0 Å². The Balaban J connectivity index is 1.97. The molecule has 0 aliphatic heterocycles. The van der Waals surface area contributed by atoms with E-state index >= 15 is 0 Å². The number of carboxylic acid groups (broad SMARTS) is 1. The first kappa shape index (κ1) is 12.4. The van der Waals surface area contributed by atoms with Crippen LogP contribution in [0.2, 0.25) is 0 Å². The minimum Gasteiger partial charge on any atom is -0.481 e. The van der Waals surface area contributed by atoms with Crippen molar-refractivity contribution in [1.29, 1.82) is 0 Å². The first-order valence-corrected chi connectivity index (χ1v) is 5.99. The van der Waals surface area contributed by atoms with E-state index in [1.54, 1.807) is 6.92 Å². The zero-order valence-corrected chi connectivity index (χ0v) is 10.5. The van der Waals surface area contributed by atoms with Crippen molar-refractivity contribution in [1.82, 2.24) is 9.97 Å². The number of fused-ring (bicyclic) bond motifs is 1. The van der Waals surface area contributed by atoms with Gasteiger partial charge in [-0.3, -0.25) is 4.79 Å². The highest BCUT2D eigenvalue weighted by Gasteiger charge is 2.09. The summed E-state index contributed by atoms with van der Waals surface area (Å²) in [4.78, 5) is 18.2. The Bertz CT molecular complexity index is 562. The van der Waals surface area contributed by atoms with Gasteiger partial charge in [-0.25, -0.2) is 4.98 Å². The maximum Gasteiger partial charge on any atom is 0.306 e. The van der Waals surface area contributed by atoms with Crippen molar-refractivity contribution < 1.29 is 9.90 Å². The molecule has 1 aromatic carbocycles. The highest BCUT2D eigenvalue weighted by atomic mass is 16.4. The third-order valence-corrected chi connectivity index (χ3v) is 2.93. The smallest absolute Gasteiger partial charge is 0.306 e. The Kier molecular flexibility index (Phi) is 3.50. The second-order valence-corrected chi connectivity index (χ2v) is 4.51. The van der Waals surface area contributed by atoms with E-state index in [0.29, 0.717) is 13.0 Å². The van der Waals surface area contributed by atoms with Crippen LogP contribution in [0.15, 0.2) is 18.2 Å². The lowest BCUT2D eigenvalue weighted by molar-refractivity contribution is -0.141. The number of rotatable bonds is 5. The van der Waals surface area contributed by atoms with Gasteiger partial charge in [0.05, 0.1) is 17.0 Å². The number of hydrogen-bond donors (Lipinski definition) is 3. The van der Waals surface area contributed by atoms with Crippen LogP contribution < -0.4 is 5.32 Å². The van der Waals surface area contributed by atoms with Crippen LogP contribution >= 0.6 is 0 Å². The van der Waals surface area contributed by atoms with Gasteiger partial charge in [0, 0.05) is 12.2 Å². The molecule has 2 aromatic rings. The molecule has 0 spiro atoms. The van der Waals surface area contributed by atoms with Crippen LogP contribution in [0.4, 0.5) is 5.69 Å². The lowest BCUT2D eigenvalue weighted by Gasteiger charge is -2.08. The number of benzene rings is 1. The number of H-pyrrole nitrogens is 1. The number of nitrogens with zero attached hydrogens (tertiary/aromatic N) is 1. The van der Waals surface area contributed by atoms with Gasteiger partial charge in [0.25, 0.3) is 0 Å². The molecule has 1 atom stereocenters. The normalized spacial score (nSPS) is 12.6. The monoisotopic (exact) mass is 247 g/mol. The molecule has 0 amide bonds. The Hall–Kier alpha value is -2.04. The number of aryl methyl sites for hydroxylation is 1. The molecule has 2 rings (SSSR count). The summed E-state index contributed by atoms with van der Waals surface area (Å²) in [6, 6.07) is 5.89. The minimum absolute atomic E-state index is 0.323. The molecule has 0 radical (unpaired) electrons. The molecule has 5 heteroatoms. The van der Waals surface area contributed by atoms with E-state index in [1.165, 1.54) is 0 Å². The van der Waals surface area contributed by atoms with Crippen LogP contribution in [0.1, 0.15) is 19.2 Å². The third kappa shape index (κ3) is 2.80. The molecule has 1 heterocycles. The minimum atomic E-state index is -0.753. The number of imidazole rings is 1. The molecule has 0 saturated heterocycles. The largest absolute Gasteiger partial charge is 0.481 e. The first-order valence-electron chi connectivity index (χ1n) is 5.99. The molecule has 0 fully saturated rings. The number of aromatic amines is 1. The summed E-state index contributed by atoms with van der Waals surface area (Å²) in [6.45, 7) is 4.28. The summed E-state index contributed by atoms with van der Waals surface area (Å²) >= 11 is 0. The van der Waals surface area contributed by atoms with Crippen LogP contribution in [0.5, 0.6) is 0 Å². The van der Waals surface area contributed by atoms with E-state index < -0.39 is 5.97 Å². The van der Waals surface area contributed by atoms with Gasteiger partial charge in [-0.1, -0.05) is 6.92 Å². The highest BCUT2D eigenvalue weighted by Crippen LogP contribution is 2.17. The number of aromatic nitrogens is 2. The molecule has 96 valence electrons. The second-order valence-electron chi connectivity index (χ2n) is 4.51. The van der Waals surface area contributed by atoms with E-state index in [2.05, 4.69) is 15.3 Å². The van der Waals surface area contributed by atoms with Crippen LogP contribution in [-0.4, -0.2) is 27.6 Å². The van der Waals surface area contributed by atoms with Crippen LogP contribution in [-0.2, 0) is 4.79 Å². The van der Waals surface area contributed by atoms with Crippen molar-refractivity contribution in [2.75, 3.05) is 11.9 Å². The number of hydrogen-bond acceptors (Lipinski definition) is 3. The Morgan fingerprint density at radius 1 is 1.56 bits per heavy atom. The molecule has 0 saturated carbocycles. The Morgan fingerprint density at radius 3 is 3.06 bits per heavy atom. The summed E-state index contributed by atoms with van der Waals surface area (Å²) in [5.41, 5.74) is 2.91. The van der Waals surface area contributed by atoms with Crippen molar-refractivity contribution >= 4 is 22.7 Å². The Morgan fingerprint density at radius 2 is 2.33 bits per heavy atom. The standard InChI is InChI=1S/C13H17N3O2/c1-8(13(17)18)5-6-14-10-3-4-11-12(7-10)16-9(2)15-11/h3-4,7-8,14H,5-6H2,1-2H3,(H,15,16)(H,17,18). The van der Waals surface area contributed by atoms with Gasteiger partial charge >= 0.3 is 5.97 Å². The average molecular weight is 247 g/mol. The predicted molar refractivity (Wildman–Crippen MR) is 70.7 cm³/mol. The molecular formula is C13H17N3O2. The Labute approximate surface area is 105 Å². The van der Waals surface area contributed by atoms with Crippen LogP contribution in [0, 0.1) is 12.8 Å². The van der Waals surface area contributed by atoms with E-state index in [1.807, 2.05) is 25.1 Å². The zero-order chi connectivity index (χ0) is 13.1. The molecule has 1 aromatic heterocycles. The van der Waals surface area contributed by atoms with E-state index in [9.17, 15) is 4.79 Å². The summed E-state index contributed by atoms with van der Waals surface area (Å²) in [7, 11) is 0. The predicted octanol–water partition coefficient (Wildman–Crippen LogP) is 2.39. The maximum absolute atomic E-state index is 10.7. The van der Waals surface area contributed by atoms with Gasteiger partial charge in [0.2, 0.25) is 0 Å². The fraction of sp³-hybridized carbons (Fsp3) is 0.385. The van der Waals surface area contributed by atoms with Gasteiger partial charge in [0.1, 0.15) is 5.82 Å². The third-order valence-electron chi connectivity index (χ3n) is 2.93. The van der Waals surface area contributed by atoms with E-state index in [-0.39, 0.29) is 5.92 Å². The van der Waals surface area contributed by atoms with Gasteiger partial charge < -0.3 is 15.4 Å². The molecule has 5 nitrogen and oxygen atoms in total. The first-order chi connectivity index (χ1) is 8.56. The van der Waals surface area contributed by atoms with Gasteiger partial charge in [-0.15, -0.1) is 0 Å². The molecule has 0 aliphatic rings. The summed E-state index contributed by atoms with van der Waals surface area (Å²) in [6.07, 6.45) is 0.607. The number of carboxylic acids is 1. The molecular weight excluding hydrogens is 230 g/mol. The number of aliphatic carboxylic acids is 1. The molecule has 18 heavy (non-hydrogen) atoms. The molecule has 1 unspecified atom stereocenters. The summed E-state index contributed by atoms with van der Waals surface area (Å²) in [5, 5.41) is 12.0. The fourth-order valence-electron chi connectivity index (χ4n) is 1.80. The van der Waals surface area contributed by atoms with Crippen molar-refractivity contribution in [3.63, 3.8) is 0 Å². The van der Waals surface area contributed by atoms with Crippen molar-refractivity contribution in [3.05, 3.63) is 24.0 Å². The molecule has 0 bridgehead atoms. The number of nitrogens with one attached hydrogen (secondary N) is 2. The van der Waals surface area contributed by atoms with Gasteiger partial charge in [-0.2, -0.15) is 0 Å². The highest BCUT2D eigenvalue weighted by molar-refractivity contribution is 5.79. The van der Waals surface area contributed by atoms with Crippen molar-refractivity contribution in [2.24, 2.45) is 5.92 Å². The van der Waals surface area contributed by atoms with Crippen molar-refractivity contribution in [2.45, 2.75) is 20.3 Å². The lowest BCUT2D eigenvalue weighted by atomic mass is 10.1. The topological polar surface area (TPSA) is 78.0 Å². The van der Waals surface area contributed by atoms with Crippen LogP contribution in [0.25, 0.3) is 11.0 Å². The number of anilines is 1. The fourth-order valence-corrected chi connectivity index (χ4v) is 1.80. The van der Waals surface area contributed by atoms with Crippen LogP contribution in [0.3, 0.4) is 0 Å². The maximum atomic E-state index is 10.7. The molecule has 0 aliphatic carbocycles. The zero-order valence-electron chi connectivity index (χ0n) is 10.5. The van der Waals surface area contributed by atoms with Gasteiger partial charge in [-0.05, 0) is 31.5 Å². The second kappa shape index (κ2) is 5.08. The molecule has 3 N–H and O–H groups in total. The lowest BCUT2D eigenvalue weighted by Crippen LogP contribution is -2.14. The SMILES string of the molecule is Cc1nc2ccc(NCCC(C)C(=O)O)cc2[nH]1. The van der Waals surface area contributed by atoms with E-state index in [0.717, 1.165) is 22.5 Å². The summed E-state index contributed by atoms with van der Waals surface area (Å²) < 4.78 is 0. The van der Waals surface area contributed by atoms with E-state index in [4.69, 9.17) is 5.11 Å². The average Bonchev–Trinajstić information content (AvgIpc) is 2.68. The quantitative estimate of drug-likeness (QED) is 0.758. The number of carbonyl (C=O) groups is 1.